The van der Waals surface area contributed by atoms with Crippen LogP contribution in [-0.2, 0) is 14.3 Å². The summed E-state index contributed by atoms with van der Waals surface area (Å²) < 4.78 is 6.46. The molecule has 3 N–H and O–H groups in total. The number of allylic oxidation sites excluding steroid dienone is 2. The molecule has 0 amide bonds. The van der Waals surface area contributed by atoms with Gasteiger partial charge in [-0.05, 0) is 13.0 Å². The minimum absolute atomic E-state index is 0.0546. The van der Waals surface area contributed by atoms with Crippen LogP contribution in [0.3, 0.4) is 0 Å². The summed E-state index contributed by atoms with van der Waals surface area (Å²) in [6, 6.07) is 4.42. The van der Waals surface area contributed by atoms with E-state index in [4.69, 9.17) is 4.74 Å². The number of aromatic nitrogens is 1. The standard InChI is InChI=1S/C21H19N5O6S/c1-8-15(24-20-23-11-4-3-9(26(30)31)5-13(11)33-20)18(29)14-10(7-27)21(32-2)19-12(22-19)6-25(21)16(14)17(8)28/h3-5,10,12,19,22,27H,6-7H2,1-2H3,(H,23,24). The Morgan fingerprint density at radius 3 is 2.91 bits per heavy atom. The molecule has 0 radical (unpaired) electrons. The summed E-state index contributed by atoms with van der Waals surface area (Å²) in [5, 5.41) is 28.0. The van der Waals surface area contributed by atoms with Gasteiger partial charge in [-0.1, -0.05) is 11.3 Å². The second-order valence-corrected chi connectivity index (χ2v) is 9.56. The minimum atomic E-state index is -0.972. The van der Waals surface area contributed by atoms with Crippen molar-refractivity contribution in [3.05, 3.63) is 50.9 Å². The van der Waals surface area contributed by atoms with Crippen molar-refractivity contribution in [1.82, 2.24) is 15.2 Å². The van der Waals surface area contributed by atoms with E-state index in [1.165, 1.54) is 19.2 Å². The maximum absolute atomic E-state index is 13.6. The number of ether oxygens (including phenoxy) is 1. The van der Waals surface area contributed by atoms with Gasteiger partial charge in [0, 0.05) is 43.0 Å². The van der Waals surface area contributed by atoms with Gasteiger partial charge >= 0.3 is 0 Å². The maximum atomic E-state index is 13.6. The van der Waals surface area contributed by atoms with Gasteiger partial charge in [0.2, 0.25) is 11.6 Å². The van der Waals surface area contributed by atoms with Crippen molar-refractivity contribution in [2.75, 3.05) is 25.6 Å². The summed E-state index contributed by atoms with van der Waals surface area (Å²) in [6.07, 6.45) is 0. The number of carbonyl (C=O) groups excluding carboxylic acids is 2. The average molecular weight is 469 g/mol. The molecule has 4 atom stereocenters. The van der Waals surface area contributed by atoms with E-state index in [2.05, 4.69) is 15.6 Å². The maximum Gasteiger partial charge on any atom is 0.270 e. The topological polar surface area (TPSA) is 157 Å². The fourth-order valence-corrected chi connectivity index (χ4v) is 6.39. The lowest BCUT2D eigenvalue weighted by molar-refractivity contribution is -0.384. The predicted octanol–water partition coefficient (Wildman–Crippen LogP) is 0.917. The Kier molecular flexibility index (Phi) is 4.13. The summed E-state index contributed by atoms with van der Waals surface area (Å²) in [4.78, 5) is 43.9. The van der Waals surface area contributed by atoms with Gasteiger partial charge in [-0.25, -0.2) is 4.98 Å². The number of thiazole rings is 1. The second kappa shape index (κ2) is 6.67. The number of nitrogens with zero attached hydrogens (tertiary/aromatic N) is 3. The van der Waals surface area contributed by atoms with Crippen LogP contribution >= 0.6 is 11.3 Å². The molecular formula is C21H19N5O6S. The molecule has 33 heavy (non-hydrogen) atoms. The van der Waals surface area contributed by atoms with E-state index in [9.17, 15) is 24.8 Å². The molecule has 2 aromatic rings. The molecule has 1 aromatic heterocycles. The van der Waals surface area contributed by atoms with Gasteiger partial charge in [-0.3, -0.25) is 19.7 Å². The Labute approximate surface area is 190 Å². The smallest absolute Gasteiger partial charge is 0.270 e. The number of ketones is 2. The fraction of sp³-hybridized carbons (Fsp3) is 0.381. The average Bonchev–Trinajstić information content (AvgIpc) is 3.21. The molecule has 11 nitrogen and oxygen atoms in total. The van der Waals surface area contributed by atoms with Crippen molar-refractivity contribution in [1.29, 1.82) is 0 Å². The molecule has 4 heterocycles. The summed E-state index contributed by atoms with van der Waals surface area (Å²) >= 11 is 1.15. The van der Waals surface area contributed by atoms with Gasteiger partial charge in [0.25, 0.3) is 5.69 Å². The van der Waals surface area contributed by atoms with Crippen molar-refractivity contribution >= 4 is 43.9 Å². The van der Waals surface area contributed by atoms with Crippen LogP contribution in [0.1, 0.15) is 6.92 Å². The van der Waals surface area contributed by atoms with Crippen molar-refractivity contribution in [2.24, 2.45) is 5.92 Å². The van der Waals surface area contributed by atoms with Crippen LogP contribution in [0.15, 0.2) is 40.7 Å². The predicted molar refractivity (Wildman–Crippen MR) is 117 cm³/mol. The summed E-state index contributed by atoms with van der Waals surface area (Å²) in [6.45, 7) is 1.77. The zero-order valence-electron chi connectivity index (χ0n) is 17.6. The van der Waals surface area contributed by atoms with Crippen molar-refractivity contribution < 1.29 is 24.4 Å². The molecular weight excluding hydrogens is 450 g/mol. The first kappa shape index (κ1) is 20.4. The lowest BCUT2D eigenvalue weighted by Crippen LogP contribution is -2.54. The van der Waals surface area contributed by atoms with Gasteiger partial charge in [0.1, 0.15) is 0 Å². The van der Waals surface area contributed by atoms with Crippen LogP contribution in [-0.4, -0.2) is 69.6 Å². The van der Waals surface area contributed by atoms with Crippen LogP contribution in [0.25, 0.3) is 10.2 Å². The highest BCUT2D eigenvalue weighted by atomic mass is 32.1. The second-order valence-electron chi connectivity index (χ2n) is 8.53. The van der Waals surface area contributed by atoms with E-state index >= 15 is 0 Å². The number of hydrogen-bond donors (Lipinski definition) is 3. The van der Waals surface area contributed by atoms with E-state index in [0.29, 0.717) is 27.6 Å². The third kappa shape index (κ3) is 2.51. The number of hydrogen-bond acceptors (Lipinski definition) is 11. The largest absolute Gasteiger partial charge is 0.396 e. The number of aliphatic hydroxyl groups is 1. The minimum Gasteiger partial charge on any atom is -0.396 e. The van der Waals surface area contributed by atoms with E-state index in [0.717, 1.165) is 11.3 Å². The van der Waals surface area contributed by atoms with Crippen LogP contribution in [0.2, 0.25) is 0 Å². The molecule has 170 valence electrons. The first-order chi connectivity index (χ1) is 15.8. The number of piperazine rings is 1. The lowest BCUT2D eigenvalue weighted by atomic mass is 9.82. The monoisotopic (exact) mass is 469 g/mol. The highest BCUT2D eigenvalue weighted by Gasteiger charge is 2.72. The first-order valence-corrected chi connectivity index (χ1v) is 11.2. The quantitative estimate of drug-likeness (QED) is 0.249. The van der Waals surface area contributed by atoms with Crippen LogP contribution in [0, 0.1) is 16.0 Å². The molecule has 0 bridgehead atoms. The Balaban J connectivity index is 1.38. The number of nitro groups is 1. The third-order valence-corrected chi connectivity index (χ3v) is 7.97. The van der Waals surface area contributed by atoms with Gasteiger partial charge in [0.15, 0.2) is 10.9 Å². The molecule has 2 fully saturated rings. The molecule has 3 aliphatic heterocycles. The molecule has 1 aliphatic carbocycles. The normalized spacial score (nSPS) is 30.2. The number of methoxy groups -OCH3 is 1. The van der Waals surface area contributed by atoms with Gasteiger partial charge in [0.05, 0.1) is 45.1 Å². The fourth-order valence-electron chi connectivity index (χ4n) is 5.48. The molecule has 0 saturated carbocycles. The van der Waals surface area contributed by atoms with E-state index in [1.54, 1.807) is 13.0 Å². The highest BCUT2D eigenvalue weighted by Crippen LogP contribution is 2.55. The van der Waals surface area contributed by atoms with E-state index < -0.39 is 16.6 Å². The molecule has 1 aromatic carbocycles. The number of nitrogens with one attached hydrogen (secondary N) is 2. The lowest BCUT2D eigenvalue weighted by Gasteiger charge is -2.39. The number of rotatable bonds is 5. The van der Waals surface area contributed by atoms with Crippen LogP contribution < -0.4 is 10.6 Å². The van der Waals surface area contributed by atoms with Crippen molar-refractivity contribution in [2.45, 2.75) is 24.7 Å². The SMILES string of the molecule is COC12C(CO)C3=C(C(=O)C(C)=C(Nc4nc5ccc([N+](=O)[O-])cc5s4)C3=O)N1CC1NC12. The van der Waals surface area contributed by atoms with Crippen molar-refractivity contribution in [3.63, 3.8) is 0 Å². The van der Waals surface area contributed by atoms with Crippen LogP contribution in [0.4, 0.5) is 10.8 Å². The Bertz CT molecular complexity index is 1350. The van der Waals surface area contributed by atoms with Gasteiger partial charge in [-0.2, -0.15) is 0 Å². The number of anilines is 1. The van der Waals surface area contributed by atoms with E-state index in [1.807, 2.05) is 4.90 Å². The Morgan fingerprint density at radius 2 is 2.21 bits per heavy atom. The summed E-state index contributed by atoms with van der Waals surface area (Å²) in [5.41, 5.74) is 0.416. The number of Topliss-reactive ketones (excluding diaryl/α,β-unsaturated/α-hetero) is 2. The Morgan fingerprint density at radius 1 is 1.42 bits per heavy atom. The first-order valence-electron chi connectivity index (χ1n) is 10.4. The zero-order valence-corrected chi connectivity index (χ0v) is 18.4. The van der Waals surface area contributed by atoms with Crippen LogP contribution in [0.5, 0.6) is 0 Å². The number of benzene rings is 1. The molecule has 6 rings (SSSR count). The Hall–Kier alpha value is -3.19. The van der Waals surface area contributed by atoms with Gasteiger partial charge in [-0.15, -0.1) is 0 Å². The number of aliphatic hydroxyl groups excluding tert-OH is 1. The number of fused-ring (bicyclic) bond motifs is 5. The third-order valence-electron chi connectivity index (χ3n) is 7.03. The number of nitro benzene ring substituents is 1. The molecule has 4 aliphatic rings. The van der Waals surface area contributed by atoms with Gasteiger partial charge < -0.3 is 25.4 Å². The number of non-ortho nitro benzene ring substituents is 1. The summed E-state index contributed by atoms with van der Waals surface area (Å²) in [7, 11) is 1.53. The zero-order chi connectivity index (χ0) is 23.2. The molecule has 0 spiro atoms. The van der Waals surface area contributed by atoms with Crippen molar-refractivity contribution in [3.8, 4) is 0 Å². The summed E-state index contributed by atoms with van der Waals surface area (Å²) in [5.74, 6) is -1.35. The molecule has 12 heteroatoms. The highest BCUT2D eigenvalue weighted by molar-refractivity contribution is 7.22. The molecule has 2 saturated heterocycles. The number of carbonyl (C=O) groups is 2. The van der Waals surface area contributed by atoms with E-state index in [-0.39, 0.29) is 52.8 Å². The molecule has 4 unspecified atom stereocenters.